The largest absolute Gasteiger partial charge is 0.432 e. The second-order valence-electron chi connectivity index (χ2n) is 3.69. The normalized spacial score (nSPS) is 16.7. The third-order valence-corrected chi connectivity index (χ3v) is 3.33. The molecule has 0 aliphatic carbocycles. The topological polar surface area (TPSA) is 51.4 Å². The van der Waals surface area contributed by atoms with Crippen LogP contribution >= 0.6 is 34.2 Å². The molecule has 3 heterocycles. The maximum atomic E-state index is 5.91. The first-order valence-electron chi connectivity index (χ1n) is 5.19. The van der Waals surface area contributed by atoms with Gasteiger partial charge in [0.25, 0.3) is 0 Å². The molecule has 0 aromatic carbocycles. The predicted molar refractivity (Wildman–Crippen MR) is 72.6 cm³/mol. The predicted octanol–water partition coefficient (Wildman–Crippen LogP) is 2.32. The molecule has 2 aromatic heterocycles. The van der Waals surface area contributed by atoms with Gasteiger partial charge in [-0.15, -0.1) is 0 Å². The maximum Gasteiger partial charge on any atom is 0.233 e. The van der Waals surface area contributed by atoms with Gasteiger partial charge in [0.1, 0.15) is 5.82 Å². The van der Waals surface area contributed by atoms with Gasteiger partial charge < -0.3 is 14.1 Å². The molecular formula is C10H9ClIN3O2. The summed E-state index contributed by atoms with van der Waals surface area (Å²) in [7, 11) is 0. The number of hydrogen-bond acceptors (Lipinski definition) is 5. The van der Waals surface area contributed by atoms with Crippen LogP contribution < -0.4 is 4.90 Å². The van der Waals surface area contributed by atoms with E-state index in [0.29, 0.717) is 18.9 Å². The van der Waals surface area contributed by atoms with Crippen LogP contribution in [0, 0.1) is 3.77 Å². The van der Waals surface area contributed by atoms with E-state index in [9.17, 15) is 0 Å². The Balaban J connectivity index is 2.12. The van der Waals surface area contributed by atoms with Crippen molar-refractivity contribution in [3.63, 3.8) is 0 Å². The summed E-state index contributed by atoms with van der Waals surface area (Å²) in [5, 5.41) is 1.12. The molecule has 2 aromatic rings. The molecule has 0 atom stereocenters. The van der Waals surface area contributed by atoms with E-state index in [1.54, 1.807) is 0 Å². The molecule has 5 nitrogen and oxygen atoms in total. The average molecular weight is 366 g/mol. The first-order chi connectivity index (χ1) is 8.24. The molecule has 90 valence electrons. The van der Waals surface area contributed by atoms with Crippen molar-refractivity contribution in [2.24, 2.45) is 0 Å². The monoisotopic (exact) mass is 365 g/mol. The van der Waals surface area contributed by atoms with Crippen molar-refractivity contribution in [1.82, 2.24) is 9.97 Å². The van der Waals surface area contributed by atoms with E-state index < -0.39 is 0 Å². The number of furan rings is 1. The Labute approximate surface area is 116 Å². The lowest BCUT2D eigenvalue weighted by Gasteiger charge is -2.27. The van der Waals surface area contributed by atoms with Gasteiger partial charge in [0.15, 0.2) is 3.77 Å². The molecule has 0 saturated carbocycles. The second-order valence-corrected chi connectivity index (χ2v) is 5.09. The molecule has 1 aliphatic rings. The zero-order valence-corrected chi connectivity index (χ0v) is 11.7. The molecule has 0 N–H and O–H groups in total. The minimum absolute atomic E-state index is 0.213. The molecule has 7 heteroatoms. The molecule has 3 rings (SSSR count). The van der Waals surface area contributed by atoms with Crippen LogP contribution in [-0.2, 0) is 4.74 Å². The lowest BCUT2D eigenvalue weighted by atomic mass is 10.3. The fraction of sp³-hybridized carbons (Fsp3) is 0.400. The molecule has 1 saturated heterocycles. The number of nitrogens with zero attached hydrogens (tertiary/aromatic N) is 3. The Hall–Kier alpha value is -0.600. The van der Waals surface area contributed by atoms with Crippen molar-refractivity contribution in [3.05, 3.63) is 15.1 Å². The van der Waals surface area contributed by atoms with E-state index >= 15 is 0 Å². The second kappa shape index (κ2) is 4.58. The van der Waals surface area contributed by atoms with Crippen molar-refractivity contribution >= 4 is 51.1 Å². The van der Waals surface area contributed by atoms with Crippen LogP contribution in [0.25, 0.3) is 11.1 Å². The van der Waals surface area contributed by atoms with Crippen molar-refractivity contribution in [2.75, 3.05) is 31.2 Å². The van der Waals surface area contributed by atoms with E-state index in [4.69, 9.17) is 20.8 Å². The minimum atomic E-state index is 0.213. The van der Waals surface area contributed by atoms with Gasteiger partial charge in [0.05, 0.1) is 18.6 Å². The molecule has 1 aliphatic heterocycles. The first-order valence-corrected chi connectivity index (χ1v) is 6.65. The summed E-state index contributed by atoms with van der Waals surface area (Å²) >= 11 is 8.02. The van der Waals surface area contributed by atoms with Gasteiger partial charge in [0, 0.05) is 19.2 Å². The van der Waals surface area contributed by atoms with Crippen molar-refractivity contribution < 1.29 is 9.15 Å². The van der Waals surface area contributed by atoms with Crippen molar-refractivity contribution in [2.45, 2.75) is 0 Å². The van der Waals surface area contributed by atoms with Crippen LogP contribution in [-0.4, -0.2) is 36.3 Å². The SMILES string of the molecule is Clc1nc(N2CCOCC2)c2cc(I)oc2n1. The maximum absolute atomic E-state index is 5.91. The Morgan fingerprint density at radius 3 is 2.82 bits per heavy atom. The number of aromatic nitrogens is 2. The summed E-state index contributed by atoms with van der Waals surface area (Å²) in [5.74, 6) is 0.829. The fourth-order valence-corrected chi connectivity index (χ4v) is 2.54. The number of morpholine rings is 1. The summed E-state index contributed by atoms with van der Waals surface area (Å²) in [6.45, 7) is 3.03. The third-order valence-electron chi connectivity index (χ3n) is 2.63. The molecule has 17 heavy (non-hydrogen) atoms. The lowest BCUT2D eigenvalue weighted by molar-refractivity contribution is 0.122. The Morgan fingerprint density at radius 1 is 1.29 bits per heavy atom. The zero-order chi connectivity index (χ0) is 11.8. The van der Waals surface area contributed by atoms with Crippen molar-refractivity contribution in [1.29, 1.82) is 0 Å². The smallest absolute Gasteiger partial charge is 0.233 e. The quantitative estimate of drug-likeness (QED) is 0.573. The van der Waals surface area contributed by atoms with Crippen LogP contribution in [0.15, 0.2) is 10.5 Å². The summed E-state index contributed by atoms with van der Waals surface area (Å²) in [4.78, 5) is 10.5. The van der Waals surface area contributed by atoms with Gasteiger partial charge in [-0.1, -0.05) is 0 Å². The van der Waals surface area contributed by atoms with Gasteiger partial charge in [-0.3, -0.25) is 0 Å². The molecule has 0 radical (unpaired) electrons. The molecule has 0 unspecified atom stereocenters. The molecule has 0 spiro atoms. The third kappa shape index (κ3) is 2.21. The fourth-order valence-electron chi connectivity index (χ4n) is 1.87. The molecular weight excluding hydrogens is 356 g/mol. The van der Waals surface area contributed by atoms with Crippen LogP contribution in [0.4, 0.5) is 5.82 Å². The number of halogens is 2. The van der Waals surface area contributed by atoms with Crippen LogP contribution in [0.3, 0.4) is 0 Å². The zero-order valence-electron chi connectivity index (χ0n) is 8.82. The summed E-state index contributed by atoms with van der Waals surface area (Å²) in [6.07, 6.45) is 0. The van der Waals surface area contributed by atoms with Gasteiger partial charge in [-0.2, -0.15) is 9.97 Å². The molecule has 0 bridgehead atoms. The molecule has 1 fully saturated rings. The van der Waals surface area contributed by atoms with E-state index in [1.165, 1.54) is 0 Å². The van der Waals surface area contributed by atoms with E-state index in [0.717, 1.165) is 28.1 Å². The summed E-state index contributed by atoms with van der Waals surface area (Å²) in [5.41, 5.74) is 0.538. The highest BCUT2D eigenvalue weighted by Gasteiger charge is 2.19. The first kappa shape index (κ1) is 11.5. The van der Waals surface area contributed by atoms with Gasteiger partial charge >= 0.3 is 0 Å². The highest BCUT2D eigenvalue weighted by molar-refractivity contribution is 14.1. The number of hydrogen-bond donors (Lipinski definition) is 0. The van der Waals surface area contributed by atoms with Crippen LogP contribution in [0.5, 0.6) is 0 Å². The highest BCUT2D eigenvalue weighted by atomic mass is 127. The summed E-state index contributed by atoms with van der Waals surface area (Å²) < 4.78 is 11.6. The number of fused-ring (bicyclic) bond motifs is 1. The molecule has 0 amide bonds. The average Bonchev–Trinajstić information content (AvgIpc) is 2.69. The highest BCUT2D eigenvalue weighted by Crippen LogP contribution is 2.29. The lowest BCUT2D eigenvalue weighted by Crippen LogP contribution is -2.36. The van der Waals surface area contributed by atoms with Crippen molar-refractivity contribution in [3.8, 4) is 0 Å². The van der Waals surface area contributed by atoms with Gasteiger partial charge in [-0.25, -0.2) is 0 Å². The van der Waals surface area contributed by atoms with Crippen LogP contribution in [0.2, 0.25) is 5.28 Å². The number of ether oxygens (including phenoxy) is 1. The van der Waals surface area contributed by atoms with Gasteiger partial charge in [0.2, 0.25) is 11.0 Å². The number of rotatable bonds is 1. The van der Waals surface area contributed by atoms with E-state index in [-0.39, 0.29) is 5.28 Å². The Bertz CT molecular complexity index is 554. The Kier molecular flexibility index (Phi) is 3.10. The Morgan fingerprint density at radius 2 is 2.06 bits per heavy atom. The van der Waals surface area contributed by atoms with E-state index in [1.807, 2.05) is 6.07 Å². The van der Waals surface area contributed by atoms with E-state index in [2.05, 4.69) is 37.5 Å². The minimum Gasteiger partial charge on any atom is -0.432 e. The van der Waals surface area contributed by atoms with Crippen LogP contribution in [0.1, 0.15) is 0 Å². The number of anilines is 1. The van der Waals surface area contributed by atoms with Gasteiger partial charge in [-0.05, 0) is 34.2 Å². The standard InChI is InChI=1S/C10H9ClIN3O2/c11-10-13-8(15-1-3-16-4-2-15)6-5-7(12)17-9(6)14-10/h5H,1-4H2. The summed E-state index contributed by atoms with van der Waals surface area (Å²) in [6, 6.07) is 1.93.